The summed E-state index contributed by atoms with van der Waals surface area (Å²) in [5, 5.41) is 1.63. The van der Waals surface area contributed by atoms with E-state index in [1.54, 1.807) is 12.3 Å². The van der Waals surface area contributed by atoms with Crippen LogP contribution in [0.4, 0.5) is 0 Å². The van der Waals surface area contributed by atoms with Crippen LogP contribution < -0.4 is 0 Å². The van der Waals surface area contributed by atoms with Gasteiger partial charge in [-0.25, -0.2) is 18.4 Å². The van der Waals surface area contributed by atoms with Crippen LogP contribution in [0.2, 0.25) is 0 Å². The van der Waals surface area contributed by atoms with Crippen LogP contribution >= 0.6 is 0 Å². The zero-order valence-corrected chi connectivity index (χ0v) is 32.2. The highest BCUT2D eigenvalue weighted by Gasteiger charge is 2.52. The molecule has 4 heterocycles. The van der Waals surface area contributed by atoms with Crippen molar-refractivity contribution < 1.29 is 12.8 Å². The Morgan fingerprint density at radius 2 is 1.10 bits per heavy atom. The minimum Gasteiger partial charge on any atom is -0.456 e. The van der Waals surface area contributed by atoms with Gasteiger partial charge in [0.25, 0.3) is 0 Å². The summed E-state index contributed by atoms with van der Waals surface area (Å²) in [4.78, 5) is 15.2. The average Bonchev–Trinajstić information content (AvgIpc) is 3.62. The lowest BCUT2D eigenvalue weighted by Gasteiger charge is -2.42. The van der Waals surface area contributed by atoms with Crippen LogP contribution in [0.25, 0.3) is 78.1 Å². The molecule has 0 saturated heterocycles. The summed E-state index contributed by atoms with van der Waals surface area (Å²) in [5.41, 5.74) is 11.7. The van der Waals surface area contributed by atoms with Gasteiger partial charge in [0.05, 0.1) is 26.6 Å². The Hall–Kier alpha value is -7.48. The first-order chi connectivity index (χ1) is 29.0. The summed E-state index contributed by atoms with van der Waals surface area (Å²) < 4.78 is 36.8. The number of hydrogen-bond acceptors (Lipinski definition) is 6. The fourth-order valence-electron chi connectivity index (χ4n) is 9.49. The Labute approximate surface area is 340 Å². The van der Waals surface area contributed by atoms with Crippen molar-refractivity contribution in [1.82, 2.24) is 15.0 Å². The lowest BCUT2D eigenvalue weighted by molar-refractivity contribution is 0.579. The topological polar surface area (TPSA) is 86.0 Å². The van der Waals surface area contributed by atoms with Crippen LogP contribution in [0.5, 0.6) is 0 Å². The van der Waals surface area contributed by atoms with Gasteiger partial charge in [-0.1, -0.05) is 127 Å². The van der Waals surface area contributed by atoms with Crippen LogP contribution in [0.1, 0.15) is 22.3 Å². The summed E-state index contributed by atoms with van der Waals surface area (Å²) in [6.07, 6.45) is 3.57. The SMILES string of the molecule is O=S1(=O)c2ccccc2C2(c3ccccc3-c3ccccc3-c3ccc(-c4cc(-c5cccnc5)nc(-c5ccccc5)n4)cc32)c2cc3oc4ccccc4c3cc21. The Balaban J connectivity index is 1.24. The van der Waals surface area contributed by atoms with Gasteiger partial charge in [-0.2, -0.15) is 0 Å². The molecular weight excluding hydrogens is 747 g/mol. The van der Waals surface area contributed by atoms with Crippen LogP contribution in [0, 0.1) is 0 Å². The Kier molecular flexibility index (Phi) is 7.13. The van der Waals surface area contributed by atoms with E-state index in [1.807, 2.05) is 109 Å². The maximum Gasteiger partial charge on any atom is 0.207 e. The second-order valence-electron chi connectivity index (χ2n) is 15.1. The quantitative estimate of drug-likeness (QED) is 0.178. The van der Waals surface area contributed by atoms with Crippen molar-refractivity contribution in [2.24, 2.45) is 0 Å². The van der Waals surface area contributed by atoms with Crippen LogP contribution in [0.15, 0.2) is 203 Å². The molecule has 278 valence electrons. The molecule has 10 aromatic rings. The molecule has 1 atom stereocenters. The van der Waals surface area contributed by atoms with Crippen molar-refractivity contribution in [3.8, 4) is 56.2 Å². The number of nitrogens with zero attached hydrogens (tertiary/aromatic N) is 3. The normalized spacial score (nSPS) is 15.8. The minimum absolute atomic E-state index is 0.264. The molecule has 0 saturated carbocycles. The Bertz CT molecular complexity index is 3410. The Morgan fingerprint density at radius 3 is 1.90 bits per heavy atom. The fraction of sp³-hybridized carbons (Fsp3) is 0.0192. The highest BCUT2D eigenvalue weighted by molar-refractivity contribution is 7.91. The second kappa shape index (κ2) is 12.5. The molecule has 3 aromatic heterocycles. The molecule has 1 aliphatic heterocycles. The molecule has 0 radical (unpaired) electrons. The van der Waals surface area contributed by atoms with Gasteiger partial charge in [0.15, 0.2) is 5.82 Å². The van der Waals surface area contributed by atoms with Gasteiger partial charge < -0.3 is 4.42 Å². The van der Waals surface area contributed by atoms with E-state index in [1.165, 1.54) is 0 Å². The first kappa shape index (κ1) is 33.6. The van der Waals surface area contributed by atoms with Gasteiger partial charge in [0.1, 0.15) is 11.2 Å². The van der Waals surface area contributed by atoms with Gasteiger partial charge in [-0.05, 0) is 93.0 Å². The smallest absolute Gasteiger partial charge is 0.207 e. The molecule has 1 unspecified atom stereocenters. The summed E-state index contributed by atoms with van der Waals surface area (Å²) >= 11 is 0. The van der Waals surface area contributed by atoms with Gasteiger partial charge in [0, 0.05) is 39.9 Å². The van der Waals surface area contributed by atoms with E-state index in [-0.39, 0.29) is 9.79 Å². The number of sulfone groups is 1. The van der Waals surface area contributed by atoms with Gasteiger partial charge in [-0.3, -0.25) is 4.98 Å². The lowest BCUT2D eigenvalue weighted by Crippen LogP contribution is -2.38. The molecule has 59 heavy (non-hydrogen) atoms. The third kappa shape index (κ3) is 4.79. The van der Waals surface area contributed by atoms with E-state index in [0.29, 0.717) is 28.1 Å². The van der Waals surface area contributed by atoms with E-state index >= 15 is 8.42 Å². The predicted molar refractivity (Wildman–Crippen MR) is 232 cm³/mol. The molecule has 0 fully saturated rings. The molecule has 7 heteroatoms. The zero-order valence-electron chi connectivity index (χ0n) is 31.4. The first-order valence-electron chi connectivity index (χ1n) is 19.5. The summed E-state index contributed by atoms with van der Waals surface area (Å²) in [6.45, 7) is 0. The highest BCUT2D eigenvalue weighted by Crippen LogP contribution is 2.60. The van der Waals surface area contributed by atoms with E-state index < -0.39 is 15.3 Å². The maximum atomic E-state index is 15.1. The highest BCUT2D eigenvalue weighted by atomic mass is 32.2. The van der Waals surface area contributed by atoms with Crippen molar-refractivity contribution in [3.63, 3.8) is 0 Å². The monoisotopic (exact) mass is 777 g/mol. The predicted octanol–water partition coefficient (Wildman–Crippen LogP) is 11.9. The lowest BCUT2D eigenvalue weighted by atomic mass is 9.63. The molecule has 6 nitrogen and oxygen atoms in total. The standard InChI is InChI=1S/C52H31N3O3S/c56-59(57)49-23-11-9-21-42(49)52(44-29-48-40(28-50(44)59)39-19-7-10-22-47(39)58-48)41-20-8-6-18-37(41)35-16-4-5-17-36(35)38-25-24-33(27-43(38)52)45-30-46(34-15-12-26-53-31-34)55-51(54-45)32-13-2-1-3-14-32/h1-31H. The number of para-hydroxylation sites is 1. The molecule has 0 bridgehead atoms. The molecule has 0 N–H and O–H groups in total. The summed E-state index contributed by atoms with van der Waals surface area (Å²) in [5.74, 6) is 0.592. The number of rotatable bonds is 3. The van der Waals surface area contributed by atoms with Crippen LogP contribution in [0.3, 0.4) is 0 Å². The number of aromatic nitrogens is 3. The number of hydrogen-bond donors (Lipinski definition) is 0. The number of furan rings is 1. The molecule has 1 aliphatic carbocycles. The van der Waals surface area contributed by atoms with Crippen molar-refractivity contribution >= 4 is 31.8 Å². The van der Waals surface area contributed by atoms with Gasteiger partial charge >= 0.3 is 0 Å². The summed E-state index contributed by atoms with van der Waals surface area (Å²) in [7, 11) is -4.00. The summed E-state index contributed by atoms with van der Waals surface area (Å²) in [6, 6.07) is 58.5. The van der Waals surface area contributed by atoms with Gasteiger partial charge in [0.2, 0.25) is 9.84 Å². The average molecular weight is 778 g/mol. The third-order valence-corrected chi connectivity index (χ3v) is 13.9. The van der Waals surface area contributed by atoms with Crippen molar-refractivity contribution in [1.29, 1.82) is 0 Å². The molecule has 0 amide bonds. The minimum atomic E-state index is -4.00. The largest absolute Gasteiger partial charge is 0.456 e. The van der Waals surface area contributed by atoms with Crippen molar-refractivity contribution in [2.45, 2.75) is 15.2 Å². The third-order valence-electron chi connectivity index (χ3n) is 12.0. The molecular formula is C52H31N3O3S. The molecule has 2 aliphatic rings. The van der Waals surface area contributed by atoms with Crippen LogP contribution in [-0.4, -0.2) is 23.4 Å². The number of fused-ring (bicyclic) bond motifs is 14. The van der Waals surface area contributed by atoms with Gasteiger partial charge in [-0.15, -0.1) is 0 Å². The fourth-order valence-corrected chi connectivity index (χ4v) is 11.3. The van der Waals surface area contributed by atoms with E-state index in [4.69, 9.17) is 14.4 Å². The molecule has 1 spiro atoms. The molecule has 12 rings (SSSR count). The second-order valence-corrected chi connectivity index (χ2v) is 17.0. The number of pyridine rings is 1. The Morgan fingerprint density at radius 1 is 0.441 bits per heavy atom. The van der Waals surface area contributed by atoms with Crippen molar-refractivity contribution in [2.75, 3.05) is 0 Å². The van der Waals surface area contributed by atoms with Crippen LogP contribution in [-0.2, 0) is 15.3 Å². The first-order valence-corrected chi connectivity index (χ1v) is 21.0. The maximum absolute atomic E-state index is 15.1. The number of benzene rings is 7. The van der Waals surface area contributed by atoms with E-state index in [2.05, 4.69) is 71.7 Å². The van der Waals surface area contributed by atoms with Crippen molar-refractivity contribution in [3.05, 3.63) is 211 Å². The van der Waals surface area contributed by atoms with E-state index in [0.717, 1.165) is 72.2 Å². The molecule has 7 aromatic carbocycles. The van der Waals surface area contributed by atoms with E-state index in [9.17, 15) is 0 Å². The zero-order chi connectivity index (χ0) is 39.3.